The van der Waals surface area contributed by atoms with Crippen molar-refractivity contribution in [3.05, 3.63) is 29.6 Å². The minimum Gasteiger partial charge on any atom is -0.366 e. The summed E-state index contributed by atoms with van der Waals surface area (Å²) in [5.74, 6) is 4.75. The molecule has 0 saturated heterocycles. The van der Waals surface area contributed by atoms with Gasteiger partial charge in [0, 0.05) is 18.0 Å². The second-order valence-electron chi connectivity index (χ2n) is 2.50. The zero-order valence-corrected chi connectivity index (χ0v) is 7.36. The van der Waals surface area contributed by atoms with E-state index in [2.05, 4.69) is 16.8 Å². The molecule has 2 N–H and O–H groups in total. The quantitative estimate of drug-likeness (QED) is 0.529. The molecule has 0 bridgehead atoms. The summed E-state index contributed by atoms with van der Waals surface area (Å²) >= 11 is 0. The third-order valence-corrected chi connectivity index (χ3v) is 1.44. The largest absolute Gasteiger partial charge is 0.366 e. The lowest BCUT2D eigenvalue weighted by Crippen LogP contribution is -2.11. The molecule has 0 saturated carbocycles. The number of aromatic nitrogens is 1. The molecule has 0 aromatic carbocycles. The van der Waals surface area contributed by atoms with E-state index in [1.54, 1.807) is 0 Å². The Labute approximate surface area is 81.1 Å². The maximum atomic E-state index is 10.8. The zero-order valence-electron chi connectivity index (χ0n) is 7.36. The third-order valence-electron chi connectivity index (χ3n) is 1.44. The van der Waals surface area contributed by atoms with Crippen molar-refractivity contribution in [2.24, 2.45) is 5.73 Å². The van der Waals surface area contributed by atoms with Crippen LogP contribution in [0.25, 0.3) is 0 Å². The van der Waals surface area contributed by atoms with E-state index in [-0.39, 0.29) is 6.42 Å². The topological polar surface area (TPSA) is 73.1 Å². The van der Waals surface area contributed by atoms with Crippen molar-refractivity contribution in [3.8, 4) is 11.8 Å². The van der Waals surface area contributed by atoms with Gasteiger partial charge in [0.25, 0.3) is 0 Å². The zero-order chi connectivity index (χ0) is 10.4. The van der Waals surface area contributed by atoms with Gasteiger partial charge in [0.15, 0.2) is 0 Å². The van der Waals surface area contributed by atoms with Crippen LogP contribution in [0.15, 0.2) is 18.5 Å². The van der Waals surface area contributed by atoms with Crippen LogP contribution in [0.4, 0.5) is 0 Å². The molecule has 0 aliphatic heterocycles. The Morgan fingerprint density at radius 3 is 3.00 bits per heavy atom. The van der Waals surface area contributed by atoms with E-state index in [0.29, 0.717) is 17.4 Å². The van der Waals surface area contributed by atoms with Crippen molar-refractivity contribution < 1.29 is 9.59 Å². The normalized spacial score (nSPS) is 8.57. The van der Waals surface area contributed by atoms with Crippen LogP contribution >= 0.6 is 0 Å². The summed E-state index contributed by atoms with van der Waals surface area (Å²) in [6.07, 6.45) is 3.75. The number of carbonyl (C=O) groups is 2. The Balaban J connectivity index is 2.90. The summed E-state index contributed by atoms with van der Waals surface area (Å²) in [5.41, 5.74) is 5.93. The molecule has 70 valence electrons. The molecular weight excluding hydrogens is 180 g/mol. The highest BCUT2D eigenvalue weighted by molar-refractivity contribution is 5.92. The second-order valence-corrected chi connectivity index (χ2v) is 2.50. The molecule has 0 radical (unpaired) electrons. The maximum absolute atomic E-state index is 10.8. The summed E-state index contributed by atoms with van der Waals surface area (Å²) in [7, 11) is 0. The Kier molecular flexibility index (Phi) is 3.39. The van der Waals surface area contributed by atoms with Crippen molar-refractivity contribution in [1.29, 1.82) is 0 Å². The lowest BCUT2D eigenvalue weighted by atomic mass is 10.2. The summed E-state index contributed by atoms with van der Waals surface area (Å²) in [5, 5.41) is 0. The van der Waals surface area contributed by atoms with Gasteiger partial charge in [-0.05, 0) is 6.07 Å². The molecule has 14 heavy (non-hydrogen) atoms. The monoisotopic (exact) mass is 188 g/mol. The molecular formula is C10H8N2O2. The molecule has 0 atom stereocenters. The van der Waals surface area contributed by atoms with Gasteiger partial charge in [0.2, 0.25) is 5.91 Å². The predicted octanol–water partition coefficient (Wildman–Crippen LogP) is 0.121. The van der Waals surface area contributed by atoms with Gasteiger partial charge in [0.1, 0.15) is 6.29 Å². The number of nitrogens with zero attached hydrogens (tertiary/aromatic N) is 1. The second kappa shape index (κ2) is 4.77. The molecule has 1 amide bonds. The van der Waals surface area contributed by atoms with Crippen LogP contribution in [-0.2, 0) is 4.79 Å². The lowest BCUT2D eigenvalue weighted by Gasteiger charge is -1.93. The van der Waals surface area contributed by atoms with Gasteiger partial charge in [-0.25, -0.2) is 0 Å². The minimum absolute atomic E-state index is 0.167. The number of primary amides is 1. The first-order valence-corrected chi connectivity index (χ1v) is 3.91. The lowest BCUT2D eigenvalue weighted by molar-refractivity contribution is -0.107. The van der Waals surface area contributed by atoms with Crippen molar-refractivity contribution in [2.75, 3.05) is 0 Å². The summed E-state index contributed by atoms with van der Waals surface area (Å²) in [4.78, 5) is 24.5. The van der Waals surface area contributed by atoms with E-state index in [1.165, 1.54) is 18.5 Å². The molecule has 1 rings (SSSR count). The Morgan fingerprint density at radius 2 is 2.36 bits per heavy atom. The molecule has 1 aromatic heterocycles. The van der Waals surface area contributed by atoms with Gasteiger partial charge in [-0.3, -0.25) is 9.78 Å². The average molecular weight is 188 g/mol. The fourth-order valence-electron chi connectivity index (χ4n) is 0.838. The first-order chi connectivity index (χ1) is 6.74. The van der Waals surface area contributed by atoms with E-state index in [9.17, 15) is 9.59 Å². The maximum Gasteiger partial charge on any atom is 0.250 e. The Bertz CT molecular complexity index is 416. The van der Waals surface area contributed by atoms with Crippen LogP contribution in [0.2, 0.25) is 0 Å². The predicted molar refractivity (Wildman–Crippen MR) is 50.3 cm³/mol. The van der Waals surface area contributed by atoms with Crippen molar-refractivity contribution in [2.45, 2.75) is 6.42 Å². The molecule has 0 unspecified atom stereocenters. The summed E-state index contributed by atoms with van der Waals surface area (Å²) in [6, 6.07) is 1.53. The van der Waals surface area contributed by atoms with Crippen molar-refractivity contribution >= 4 is 12.2 Å². The van der Waals surface area contributed by atoms with Crippen LogP contribution < -0.4 is 5.73 Å². The van der Waals surface area contributed by atoms with E-state index >= 15 is 0 Å². The number of hydrogen-bond donors (Lipinski definition) is 1. The minimum atomic E-state index is -0.545. The molecule has 4 heteroatoms. The van der Waals surface area contributed by atoms with Crippen LogP contribution in [0.5, 0.6) is 0 Å². The number of rotatable bonds is 2. The first-order valence-electron chi connectivity index (χ1n) is 3.91. The molecule has 1 aromatic rings. The fourth-order valence-corrected chi connectivity index (χ4v) is 0.838. The first kappa shape index (κ1) is 9.93. The highest BCUT2D eigenvalue weighted by atomic mass is 16.1. The van der Waals surface area contributed by atoms with Crippen LogP contribution in [0, 0.1) is 11.8 Å². The van der Waals surface area contributed by atoms with Crippen molar-refractivity contribution in [3.63, 3.8) is 0 Å². The van der Waals surface area contributed by atoms with Gasteiger partial charge in [-0.15, -0.1) is 0 Å². The van der Waals surface area contributed by atoms with Crippen LogP contribution in [-0.4, -0.2) is 17.2 Å². The average Bonchev–Trinajstić information content (AvgIpc) is 2.19. The van der Waals surface area contributed by atoms with Crippen LogP contribution in [0.3, 0.4) is 0 Å². The Morgan fingerprint density at radius 1 is 1.57 bits per heavy atom. The summed E-state index contributed by atoms with van der Waals surface area (Å²) in [6.45, 7) is 0. The third kappa shape index (κ3) is 2.72. The van der Waals surface area contributed by atoms with E-state index < -0.39 is 5.91 Å². The van der Waals surface area contributed by atoms with Crippen molar-refractivity contribution in [1.82, 2.24) is 4.98 Å². The Hall–Kier alpha value is -2.15. The van der Waals surface area contributed by atoms with Gasteiger partial charge >= 0.3 is 0 Å². The molecule has 0 spiro atoms. The fraction of sp³-hybridized carbons (Fsp3) is 0.100. The van der Waals surface area contributed by atoms with Gasteiger partial charge in [-0.2, -0.15) is 0 Å². The molecule has 0 aliphatic carbocycles. The molecule has 0 fully saturated rings. The molecule has 0 aliphatic rings. The summed E-state index contributed by atoms with van der Waals surface area (Å²) < 4.78 is 0. The van der Waals surface area contributed by atoms with E-state index in [1.807, 2.05) is 0 Å². The number of amides is 1. The SMILES string of the molecule is NC(=O)c1cncc(C#CCC=O)c1. The molecule has 1 heterocycles. The number of aldehydes is 1. The van der Waals surface area contributed by atoms with Gasteiger partial charge in [-0.1, -0.05) is 11.8 Å². The number of carbonyl (C=O) groups excluding carboxylic acids is 2. The number of nitrogens with two attached hydrogens (primary N) is 1. The number of hydrogen-bond acceptors (Lipinski definition) is 3. The van der Waals surface area contributed by atoms with Crippen LogP contribution in [0.1, 0.15) is 22.3 Å². The van der Waals surface area contributed by atoms with E-state index in [4.69, 9.17) is 5.73 Å². The van der Waals surface area contributed by atoms with E-state index in [0.717, 1.165) is 0 Å². The van der Waals surface area contributed by atoms with Gasteiger partial charge in [0.05, 0.1) is 12.0 Å². The highest BCUT2D eigenvalue weighted by Gasteiger charge is 1.99. The number of pyridine rings is 1. The molecule has 4 nitrogen and oxygen atoms in total. The smallest absolute Gasteiger partial charge is 0.250 e. The highest BCUT2D eigenvalue weighted by Crippen LogP contribution is 1.99. The standard InChI is InChI=1S/C10H8N2O2/c11-10(14)9-5-8(6-12-7-9)3-1-2-4-13/h4-7H,2H2,(H2,11,14). The van der Waals surface area contributed by atoms with Gasteiger partial charge < -0.3 is 10.5 Å².